The van der Waals surface area contributed by atoms with Crippen molar-refractivity contribution in [1.29, 1.82) is 0 Å². The predicted molar refractivity (Wildman–Crippen MR) is 69.1 cm³/mol. The van der Waals surface area contributed by atoms with E-state index in [2.05, 4.69) is 21.6 Å². The van der Waals surface area contributed by atoms with E-state index in [1.807, 2.05) is 26.2 Å². The highest BCUT2D eigenvalue weighted by atomic mass is 16.3. The lowest BCUT2D eigenvalue weighted by molar-refractivity contribution is 0.164. The van der Waals surface area contributed by atoms with E-state index in [9.17, 15) is 5.11 Å². The number of aliphatic hydroxyl groups is 1. The van der Waals surface area contributed by atoms with E-state index >= 15 is 0 Å². The Kier molecular flexibility index (Phi) is 3.81. The van der Waals surface area contributed by atoms with Gasteiger partial charge in [-0.3, -0.25) is 4.68 Å². The average Bonchev–Trinajstić information content (AvgIpc) is 2.87. The van der Waals surface area contributed by atoms with Crippen molar-refractivity contribution in [3.63, 3.8) is 0 Å². The van der Waals surface area contributed by atoms with Crippen LogP contribution < -0.4 is 0 Å². The monoisotopic (exact) mass is 248 g/mol. The molecule has 2 aromatic rings. The zero-order valence-corrected chi connectivity index (χ0v) is 11.2. The van der Waals surface area contributed by atoms with Gasteiger partial charge in [0.2, 0.25) is 0 Å². The molecule has 0 aromatic carbocycles. The van der Waals surface area contributed by atoms with Crippen molar-refractivity contribution in [1.82, 2.24) is 19.3 Å². The van der Waals surface area contributed by atoms with Crippen LogP contribution in [0.5, 0.6) is 0 Å². The van der Waals surface area contributed by atoms with Crippen LogP contribution in [-0.2, 0) is 20.0 Å². The van der Waals surface area contributed by atoms with Crippen LogP contribution in [0.25, 0.3) is 0 Å². The van der Waals surface area contributed by atoms with Gasteiger partial charge in [0.25, 0.3) is 0 Å². The molecule has 0 saturated heterocycles. The Hall–Kier alpha value is -1.62. The second-order valence-electron chi connectivity index (χ2n) is 4.59. The number of aliphatic hydroxyl groups excluding tert-OH is 1. The van der Waals surface area contributed by atoms with Crippen LogP contribution in [0.3, 0.4) is 0 Å². The molecule has 1 unspecified atom stereocenters. The molecule has 2 rings (SSSR count). The first kappa shape index (κ1) is 12.8. The predicted octanol–water partition coefficient (Wildman–Crippen LogP) is 1.61. The van der Waals surface area contributed by atoms with E-state index in [1.165, 1.54) is 0 Å². The van der Waals surface area contributed by atoms with Crippen molar-refractivity contribution >= 4 is 0 Å². The Labute approximate surface area is 107 Å². The van der Waals surface area contributed by atoms with Crippen LogP contribution in [0, 0.1) is 6.92 Å². The third-order valence-electron chi connectivity index (χ3n) is 3.02. The van der Waals surface area contributed by atoms with Crippen molar-refractivity contribution in [2.45, 2.75) is 39.3 Å². The van der Waals surface area contributed by atoms with Gasteiger partial charge in [0, 0.05) is 32.4 Å². The molecule has 5 heteroatoms. The highest BCUT2D eigenvalue weighted by molar-refractivity contribution is 5.13. The lowest BCUT2D eigenvalue weighted by Gasteiger charge is -2.12. The van der Waals surface area contributed by atoms with Crippen LogP contribution in [0.2, 0.25) is 0 Å². The normalized spacial score (nSPS) is 12.9. The van der Waals surface area contributed by atoms with Gasteiger partial charge in [-0.15, -0.1) is 0 Å². The summed E-state index contributed by atoms with van der Waals surface area (Å²) in [5.74, 6) is 0.920. The van der Waals surface area contributed by atoms with Crippen LogP contribution in [0.4, 0.5) is 0 Å². The summed E-state index contributed by atoms with van der Waals surface area (Å²) in [6, 6.07) is 1.91. The number of aryl methyl sites for hydroxylation is 3. The van der Waals surface area contributed by atoms with Gasteiger partial charge < -0.3 is 9.67 Å². The SMILES string of the molecule is CCCn1ccnc1CC(O)c1cc(C)nn1C. The van der Waals surface area contributed by atoms with Crippen molar-refractivity contribution in [2.75, 3.05) is 0 Å². The number of hydrogen-bond donors (Lipinski definition) is 1. The average molecular weight is 248 g/mol. The van der Waals surface area contributed by atoms with E-state index < -0.39 is 6.10 Å². The zero-order chi connectivity index (χ0) is 13.1. The molecule has 0 amide bonds. The highest BCUT2D eigenvalue weighted by Gasteiger charge is 2.16. The van der Waals surface area contributed by atoms with Crippen LogP contribution in [0.1, 0.15) is 36.7 Å². The van der Waals surface area contributed by atoms with Crippen LogP contribution in [-0.4, -0.2) is 24.4 Å². The molecule has 5 nitrogen and oxygen atoms in total. The van der Waals surface area contributed by atoms with Gasteiger partial charge in [-0.25, -0.2) is 4.98 Å². The summed E-state index contributed by atoms with van der Waals surface area (Å²) in [6.07, 6.45) is 4.76. The number of hydrogen-bond acceptors (Lipinski definition) is 3. The maximum Gasteiger partial charge on any atom is 0.111 e. The lowest BCUT2D eigenvalue weighted by atomic mass is 10.1. The summed E-state index contributed by atoms with van der Waals surface area (Å²) < 4.78 is 3.82. The Morgan fingerprint density at radius 2 is 2.22 bits per heavy atom. The van der Waals surface area contributed by atoms with Crippen molar-refractivity contribution in [3.8, 4) is 0 Å². The topological polar surface area (TPSA) is 55.9 Å². The molecule has 0 aliphatic heterocycles. The quantitative estimate of drug-likeness (QED) is 0.874. The van der Waals surface area contributed by atoms with E-state index in [0.717, 1.165) is 30.2 Å². The first-order valence-corrected chi connectivity index (χ1v) is 6.30. The smallest absolute Gasteiger partial charge is 0.111 e. The summed E-state index contributed by atoms with van der Waals surface area (Å²) in [5, 5.41) is 14.5. The lowest BCUT2D eigenvalue weighted by Crippen LogP contribution is -2.12. The molecule has 98 valence electrons. The Bertz CT molecular complexity index is 515. The van der Waals surface area contributed by atoms with E-state index in [0.29, 0.717) is 6.42 Å². The zero-order valence-electron chi connectivity index (χ0n) is 11.2. The number of rotatable bonds is 5. The molecule has 0 aliphatic carbocycles. The molecule has 0 saturated carbocycles. The fraction of sp³-hybridized carbons (Fsp3) is 0.538. The maximum absolute atomic E-state index is 10.3. The molecule has 2 heterocycles. The van der Waals surface area contributed by atoms with Gasteiger partial charge in [0.1, 0.15) is 11.9 Å². The molecular formula is C13H20N4O. The van der Waals surface area contributed by atoms with Crippen molar-refractivity contribution in [3.05, 3.63) is 35.7 Å². The van der Waals surface area contributed by atoms with Crippen molar-refractivity contribution in [2.24, 2.45) is 7.05 Å². The van der Waals surface area contributed by atoms with Gasteiger partial charge >= 0.3 is 0 Å². The second-order valence-corrected chi connectivity index (χ2v) is 4.59. The van der Waals surface area contributed by atoms with Crippen LogP contribution in [0.15, 0.2) is 18.5 Å². The fourth-order valence-corrected chi connectivity index (χ4v) is 2.19. The molecule has 0 bridgehead atoms. The summed E-state index contributed by atoms with van der Waals surface area (Å²) in [5.41, 5.74) is 1.75. The maximum atomic E-state index is 10.3. The fourth-order valence-electron chi connectivity index (χ4n) is 2.19. The standard InChI is InChI=1S/C13H20N4O/c1-4-6-17-7-5-14-13(17)9-12(18)11-8-10(2)15-16(11)3/h5,7-8,12,18H,4,6,9H2,1-3H3. The summed E-state index contributed by atoms with van der Waals surface area (Å²) >= 11 is 0. The Morgan fingerprint density at radius 3 is 2.83 bits per heavy atom. The van der Waals surface area contributed by atoms with Gasteiger partial charge in [-0.2, -0.15) is 5.10 Å². The van der Waals surface area contributed by atoms with E-state index in [1.54, 1.807) is 10.9 Å². The summed E-state index contributed by atoms with van der Waals surface area (Å²) in [4.78, 5) is 4.31. The van der Waals surface area contributed by atoms with E-state index in [4.69, 9.17) is 0 Å². The third kappa shape index (κ3) is 2.61. The molecule has 1 atom stereocenters. The molecule has 0 fully saturated rings. The molecule has 2 aromatic heterocycles. The first-order chi connectivity index (χ1) is 8.61. The Morgan fingerprint density at radius 1 is 1.44 bits per heavy atom. The molecule has 1 N–H and O–H groups in total. The largest absolute Gasteiger partial charge is 0.386 e. The summed E-state index contributed by atoms with van der Waals surface area (Å²) in [6.45, 7) is 4.99. The first-order valence-electron chi connectivity index (χ1n) is 6.30. The molecule has 18 heavy (non-hydrogen) atoms. The molecule has 0 radical (unpaired) electrons. The second kappa shape index (κ2) is 5.35. The number of nitrogens with zero attached hydrogens (tertiary/aromatic N) is 4. The minimum Gasteiger partial charge on any atom is -0.386 e. The number of imidazole rings is 1. The van der Waals surface area contributed by atoms with Crippen molar-refractivity contribution < 1.29 is 5.11 Å². The van der Waals surface area contributed by atoms with Gasteiger partial charge in [-0.1, -0.05) is 6.92 Å². The Balaban J connectivity index is 2.13. The minimum absolute atomic E-state index is 0.520. The van der Waals surface area contributed by atoms with Gasteiger partial charge in [0.15, 0.2) is 0 Å². The van der Waals surface area contributed by atoms with Crippen LogP contribution >= 0.6 is 0 Å². The minimum atomic E-state index is -0.561. The summed E-state index contributed by atoms with van der Waals surface area (Å²) in [7, 11) is 1.85. The molecule has 0 aliphatic rings. The number of aromatic nitrogens is 4. The van der Waals surface area contributed by atoms with Gasteiger partial charge in [-0.05, 0) is 19.4 Å². The molecule has 0 spiro atoms. The molecular weight excluding hydrogens is 228 g/mol. The van der Waals surface area contributed by atoms with Gasteiger partial charge in [0.05, 0.1) is 11.4 Å². The third-order valence-corrected chi connectivity index (χ3v) is 3.02. The van der Waals surface area contributed by atoms with E-state index in [-0.39, 0.29) is 0 Å². The highest BCUT2D eigenvalue weighted by Crippen LogP contribution is 2.18.